The third-order valence-corrected chi connectivity index (χ3v) is 6.33. The molecule has 1 aromatic heterocycles. The second kappa shape index (κ2) is 8.39. The highest BCUT2D eigenvalue weighted by atomic mass is 35.5. The molecule has 1 heterocycles. The smallest absolute Gasteiger partial charge is 0.141 e. The molecule has 6 heteroatoms. The second-order valence-corrected chi connectivity index (χ2v) is 7.90. The molecule has 0 radical (unpaired) electrons. The lowest BCUT2D eigenvalue weighted by Crippen LogP contribution is -2.04. The number of nitrogens with two attached hydrogens (primary N) is 1. The molecule has 1 saturated carbocycles. The fraction of sp³-hybridized carbons (Fsp3) is 0.526. The molecular formula is C19H25ClN2O2S. The minimum Gasteiger partial charge on any atom is -0.496 e. The van der Waals surface area contributed by atoms with Gasteiger partial charge in [-0.25, -0.2) is 4.98 Å². The SMILES string of the molecule is COc1cc(OC)c(-c2nc(CCN)sc2C2CCCCC2)cc1Cl. The van der Waals surface area contributed by atoms with Gasteiger partial charge in [0.15, 0.2) is 0 Å². The van der Waals surface area contributed by atoms with Crippen LogP contribution in [0.3, 0.4) is 0 Å². The maximum absolute atomic E-state index is 6.39. The Bertz CT molecular complexity index is 726. The lowest BCUT2D eigenvalue weighted by atomic mass is 9.86. The summed E-state index contributed by atoms with van der Waals surface area (Å²) in [7, 11) is 3.27. The topological polar surface area (TPSA) is 57.4 Å². The first-order chi connectivity index (χ1) is 12.2. The van der Waals surface area contributed by atoms with Crippen LogP contribution < -0.4 is 15.2 Å². The zero-order valence-electron chi connectivity index (χ0n) is 14.8. The summed E-state index contributed by atoms with van der Waals surface area (Å²) in [4.78, 5) is 6.26. The molecule has 3 rings (SSSR count). The van der Waals surface area contributed by atoms with Crippen LogP contribution in [0.5, 0.6) is 11.5 Å². The molecule has 136 valence electrons. The van der Waals surface area contributed by atoms with Crippen LogP contribution in [0.4, 0.5) is 0 Å². The van der Waals surface area contributed by atoms with Crippen molar-refractivity contribution in [2.24, 2.45) is 5.73 Å². The van der Waals surface area contributed by atoms with E-state index in [-0.39, 0.29) is 0 Å². The second-order valence-electron chi connectivity index (χ2n) is 6.38. The summed E-state index contributed by atoms with van der Waals surface area (Å²) in [6.45, 7) is 0.609. The third kappa shape index (κ3) is 3.94. The zero-order chi connectivity index (χ0) is 17.8. The summed E-state index contributed by atoms with van der Waals surface area (Å²) in [6, 6.07) is 3.75. The average molecular weight is 381 g/mol. The van der Waals surface area contributed by atoms with E-state index in [4.69, 9.17) is 31.8 Å². The summed E-state index contributed by atoms with van der Waals surface area (Å²) >= 11 is 8.19. The van der Waals surface area contributed by atoms with Gasteiger partial charge in [0.2, 0.25) is 0 Å². The highest BCUT2D eigenvalue weighted by Crippen LogP contribution is 2.45. The molecule has 25 heavy (non-hydrogen) atoms. The molecule has 1 aromatic carbocycles. The minimum absolute atomic E-state index is 0.568. The van der Waals surface area contributed by atoms with E-state index in [1.807, 2.05) is 12.1 Å². The molecule has 0 amide bonds. The normalized spacial score (nSPS) is 15.4. The van der Waals surface area contributed by atoms with E-state index in [1.165, 1.54) is 37.0 Å². The van der Waals surface area contributed by atoms with Crippen molar-refractivity contribution in [1.29, 1.82) is 0 Å². The number of thiazole rings is 1. The van der Waals surface area contributed by atoms with Crippen LogP contribution in [0.1, 0.15) is 47.9 Å². The van der Waals surface area contributed by atoms with Gasteiger partial charge in [-0.15, -0.1) is 11.3 Å². The maximum atomic E-state index is 6.39. The van der Waals surface area contributed by atoms with Crippen LogP contribution >= 0.6 is 22.9 Å². The fourth-order valence-electron chi connectivity index (χ4n) is 3.49. The van der Waals surface area contributed by atoms with Crippen LogP contribution in [0.2, 0.25) is 5.02 Å². The molecule has 0 saturated heterocycles. The number of hydrogen-bond donors (Lipinski definition) is 1. The Hall–Kier alpha value is -1.30. The molecular weight excluding hydrogens is 356 g/mol. The fourth-order valence-corrected chi connectivity index (χ4v) is 4.99. The van der Waals surface area contributed by atoms with Gasteiger partial charge in [-0.1, -0.05) is 30.9 Å². The highest BCUT2D eigenvalue weighted by Gasteiger charge is 2.25. The van der Waals surface area contributed by atoms with Crippen molar-refractivity contribution in [2.75, 3.05) is 20.8 Å². The quantitative estimate of drug-likeness (QED) is 0.763. The van der Waals surface area contributed by atoms with E-state index in [0.717, 1.165) is 28.4 Å². The van der Waals surface area contributed by atoms with Crippen molar-refractivity contribution in [2.45, 2.75) is 44.4 Å². The molecule has 0 bridgehead atoms. The van der Waals surface area contributed by atoms with E-state index in [9.17, 15) is 0 Å². The first-order valence-corrected chi connectivity index (χ1v) is 9.99. The Morgan fingerprint density at radius 3 is 2.52 bits per heavy atom. The number of hydrogen-bond acceptors (Lipinski definition) is 5. The number of halogens is 1. The van der Waals surface area contributed by atoms with E-state index in [0.29, 0.717) is 23.2 Å². The largest absolute Gasteiger partial charge is 0.496 e. The molecule has 1 aliphatic rings. The molecule has 0 unspecified atom stereocenters. The van der Waals surface area contributed by atoms with Crippen LogP contribution in [0, 0.1) is 0 Å². The lowest BCUT2D eigenvalue weighted by Gasteiger charge is -2.21. The summed E-state index contributed by atoms with van der Waals surface area (Å²) in [5.41, 5.74) is 7.70. The highest BCUT2D eigenvalue weighted by molar-refractivity contribution is 7.12. The molecule has 0 spiro atoms. The van der Waals surface area contributed by atoms with Gasteiger partial charge in [0.1, 0.15) is 11.5 Å². The monoisotopic (exact) mass is 380 g/mol. The van der Waals surface area contributed by atoms with Gasteiger partial charge in [0.05, 0.1) is 29.9 Å². The predicted octanol–water partition coefficient (Wildman–Crippen LogP) is 5.03. The molecule has 4 nitrogen and oxygen atoms in total. The summed E-state index contributed by atoms with van der Waals surface area (Å²) in [5.74, 6) is 1.92. The molecule has 0 atom stereocenters. The minimum atomic E-state index is 0.568. The predicted molar refractivity (Wildman–Crippen MR) is 104 cm³/mol. The van der Waals surface area contributed by atoms with Gasteiger partial charge in [-0.3, -0.25) is 0 Å². The standard InChI is InChI=1S/C19H25ClN2O2S/c1-23-15-11-16(24-2)14(20)10-13(15)18-19(12-6-4-3-5-7-12)25-17(22-18)8-9-21/h10-12H,3-9,21H2,1-2H3. The van der Waals surface area contributed by atoms with Crippen molar-refractivity contribution in [3.05, 3.63) is 27.0 Å². The Labute approximate surface area is 158 Å². The molecule has 2 N–H and O–H groups in total. The number of nitrogens with zero attached hydrogens (tertiary/aromatic N) is 1. The molecule has 1 aliphatic carbocycles. The van der Waals surface area contributed by atoms with Crippen molar-refractivity contribution in [1.82, 2.24) is 4.98 Å². The molecule has 1 fully saturated rings. The Kier molecular flexibility index (Phi) is 6.20. The van der Waals surface area contributed by atoms with Crippen LogP contribution in [-0.4, -0.2) is 25.7 Å². The Morgan fingerprint density at radius 1 is 1.16 bits per heavy atom. The van der Waals surface area contributed by atoms with Gasteiger partial charge in [0, 0.05) is 22.9 Å². The van der Waals surface area contributed by atoms with E-state index in [2.05, 4.69) is 0 Å². The number of rotatable bonds is 6. The first kappa shape index (κ1) is 18.5. The van der Waals surface area contributed by atoms with Gasteiger partial charge < -0.3 is 15.2 Å². The number of ether oxygens (including phenoxy) is 2. The molecule has 0 aliphatic heterocycles. The Morgan fingerprint density at radius 2 is 1.88 bits per heavy atom. The van der Waals surface area contributed by atoms with Crippen molar-refractivity contribution >= 4 is 22.9 Å². The van der Waals surface area contributed by atoms with E-state index < -0.39 is 0 Å². The summed E-state index contributed by atoms with van der Waals surface area (Å²) < 4.78 is 10.9. The van der Waals surface area contributed by atoms with E-state index >= 15 is 0 Å². The summed E-state index contributed by atoms with van der Waals surface area (Å²) in [6.07, 6.45) is 7.16. The summed E-state index contributed by atoms with van der Waals surface area (Å²) in [5, 5.41) is 1.66. The van der Waals surface area contributed by atoms with Gasteiger partial charge in [-0.2, -0.15) is 0 Å². The van der Waals surface area contributed by atoms with Crippen LogP contribution in [0.15, 0.2) is 12.1 Å². The maximum Gasteiger partial charge on any atom is 0.141 e. The number of methoxy groups -OCH3 is 2. The lowest BCUT2D eigenvalue weighted by molar-refractivity contribution is 0.395. The van der Waals surface area contributed by atoms with Crippen molar-refractivity contribution < 1.29 is 9.47 Å². The van der Waals surface area contributed by atoms with Gasteiger partial charge in [0.25, 0.3) is 0 Å². The average Bonchev–Trinajstić information content (AvgIpc) is 3.06. The van der Waals surface area contributed by atoms with Crippen molar-refractivity contribution in [3.63, 3.8) is 0 Å². The zero-order valence-corrected chi connectivity index (χ0v) is 16.4. The van der Waals surface area contributed by atoms with Crippen molar-refractivity contribution in [3.8, 4) is 22.8 Å². The number of benzene rings is 1. The van der Waals surface area contributed by atoms with Gasteiger partial charge in [-0.05, 0) is 31.4 Å². The van der Waals surface area contributed by atoms with Gasteiger partial charge >= 0.3 is 0 Å². The Balaban J connectivity index is 2.10. The van der Waals surface area contributed by atoms with E-state index in [1.54, 1.807) is 25.6 Å². The van der Waals surface area contributed by atoms with Crippen LogP contribution in [0.25, 0.3) is 11.3 Å². The first-order valence-electron chi connectivity index (χ1n) is 8.79. The molecule has 2 aromatic rings. The third-order valence-electron chi connectivity index (χ3n) is 4.76. The van der Waals surface area contributed by atoms with Crippen LogP contribution in [-0.2, 0) is 6.42 Å². The number of aromatic nitrogens is 1.